The van der Waals surface area contributed by atoms with Crippen LogP contribution in [-0.4, -0.2) is 18.4 Å². The van der Waals surface area contributed by atoms with Gasteiger partial charge in [0.1, 0.15) is 0 Å². The molecule has 0 bridgehead atoms. The Morgan fingerprint density at radius 2 is 1.55 bits per heavy atom. The highest BCUT2D eigenvalue weighted by Crippen LogP contribution is 2.21. The van der Waals surface area contributed by atoms with Crippen molar-refractivity contribution in [1.82, 2.24) is 9.97 Å². The molecule has 0 aliphatic heterocycles. The molecule has 1 heterocycles. The summed E-state index contributed by atoms with van der Waals surface area (Å²) in [5.74, 6) is 0.0636. The maximum Gasteiger partial charge on any atom is 0.263 e. The minimum atomic E-state index is -3.75. The summed E-state index contributed by atoms with van der Waals surface area (Å²) in [4.78, 5) is 8.53. The summed E-state index contributed by atoms with van der Waals surface area (Å²) in [5, 5.41) is 0. The molecule has 0 unspecified atom stereocenters. The lowest BCUT2D eigenvalue weighted by Crippen LogP contribution is -2.16. The van der Waals surface area contributed by atoms with E-state index in [4.69, 9.17) is 5.73 Å². The largest absolute Gasteiger partial charge is 0.381 e. The monoisotopic (exact) mass is 314 g/mol. The number of hydrogen-bond acceptors (Lipinski definition) is 5. The molecule has 22 heavy (non-hydrogen) atoms. The number of para-hydroxylation sites is 2. The zero-order chi connectivity index (χ0) is 15.7. The predicted octanol–water partition coefficient (Wildman–Crippen LogP) is 2.32. The van der Waals surface area contributed by atoms with E-state index >= 15 is 0 Å². The van der Waals surface area contributed by atoms with E-state index in [1.165, 1.54) is 12.1 Å². The van der Waals surface area contributed by atoms with Crippen molar-refractivity contribution in [3.05, 3.63) is 54.1 Å². The second-order valence-corrected chi connectivity index (χ2v) is 6.55. The molecule has 0 aliphatic carbocycles. The SMILES string of the molecule is Cc1ccc(S(=O)(=O)Nc2nc3ccccc3nc2N)cc1. The molecule has 0 fully saturated rings. The van der Waals surface area contributed by atoms with Crippen LogP contribution in [0.15, 0.2) is 53.4 Å². The number of aromatic nitrogens is 2. The van der Waals surface area contributed by atoms with Crippen LogP contribution in [0.5, 0.6) is 0 Å². The fraction of sp³-hybridized carbons (Fsp3) is 0.0667. The first-order chi connectivity index (χ1) is 10.5. The average Bonchev–Trinajstić information content (AvgIpc) is 2.48. The van der Waals surface area contributed by atoms with E-state index in [-0.39, 0.29) is 16.5 Å². The van der Waals surface area contributed by atoms with Gasteiger partial charge < -0.3 is 5.73 Å². The van der Waals surface area contributed by atoms with Crippen molar-refractivity contribution in [2.45, 2.75) is 11.8 Å². The number of rotatable bonds is 3. The van der Waals surface area contributed by atoms with Crippen LogP contribution in [-0.2, 0) is 10.0 Å². The van der Waals surface area contributed by atoms with Crippen LogP contribution in [0, 0.1) is 6.92 Å². The van der Waals surface area contributed by atoms with E-state index in [1.807, 2.05) is 13.0 Å². The van der Waals surface area contributed by atoms with Gasteiger partial charge in [0.25, 0.3) is 10.0 Å². The molecule has 0 saturated carbocycles. The molecule has 3 rings (SSSR count). The molecule has 0 spiro atoms. The molecular formula is C15H14N4O2S. The van der Waals surface area contributed by atoms with Gasteiger partial charge in [-0.3, -0.25) is 4.72 Å². The molecule has 0 atom stereocenters. The van der Waals surface area contributed by atoms with Crippen molar-refractivity contribution in [2.75, 3.05) is 10.5 Å². The maximum absolute atomic E-state index is 12.4. The molecule has 2 aromatic carbocycles. The standard InChI is InChI=1S/C15H14N4O2S/c1-10-6-8-11(9-7-10)22(20,21)19-15-14(16)17-12-4-2-3-5-13(12)18-15/h2-9H,1H3,(H2,16,17)(H,18,19). The second-order valence-electron chi connectivity index (χ2n) is 4.86. The van der Waals surface area contributed by atoms with Crippen molar-refractivity contribution >= 4 is 32.7 Å². The molecule has 7 heteroatoms. The normalized spacial score (nSPS) is 11.5. The fourth-order valence-corrected chi connectivity index (χ4v) is 3.01. The summed E-state index contributed by atoms with van der Waals surface area (Å²) >= 11 is 0. The summed E-state index contributed by atoms with van der Waals surface area (Å²) in [7, 11) is -3.75. The lowest BCUT2D eigenvalue weighted by atomic mass is 10.2. The Kier molecular flexibility index (Phi) is 3.42. The average molecular weight is 314 g/mol. The summed E-state index contributed by atoms with van der Waals surface area (Å²) in [6.07, 6.45) is 0. The number of fused-ring (bicyclic) bond motifs is 1. The minimum absolute atomic E-state index is 0.0271. The van der Waals surface area contributed by atoms with Crippen molar-refractivity contribution in [3.63, 3.8) is 0 Å². The number of nitrogen functional groups attached to an aromatic ring is 1. The number of aryl methyl sites for hydroxylation is 1. The molecule has 0 amide bonds. The van der Waals surface area contributed by atoms with Crippen LogP contribution in [0.3, 0.4) is 0 Å². The van der Waals surface area contributed by atoms with E-state index < -0.39 is 10.0 Å². The molecule has 0 radical (unpaired) electrons. The first-order valence-corrected chi connectivity index (χ1v) is 8.06. The van der Waals surface area contributed by atoms with Crippen molar-refractivity contribution in [3.8, 4) is 0 Å². The van der Waals surface area contributed by atoms with Gasteiger partial charge in [0.15, 0.2) is 11.6 Å². The minimum Gasteiger partial charge on any atom is -0.381 e. The first kappa shape index (κ1) is 14.3. The molecule has 0 saturated heterocycles. The zero-order valence-corrected chi connectivity index (χ0v) is 12.6. The van der Waals surface area contributed by atoms with Gasteiger partial charge in [-0.2, -0.15) is 0 Å². The van der Waals surface area contributed by atoms with E-state index in [0.717, 1.165) is 5.56 Å². The highest BCUT2D eigenvalue weighted by molar-refractivity contribution is 7.92. The molecule has 6 nitrogen and oxygen atoms in total. The lowest BCUT2D eigenvalue weighted by Gasteiger charge is -2.10. The topological polar surface area (TPSA) is 98.0 Å². The first-order valence-electron chi connectivity index (χ1n) is 6.57. The quantitative estimate of drug-likeness (QED) is 0.773. The highest BCUT2D eigenvalue weighted by Gasteiger charge is 2.17. The van der Waals surface area contributed by atoms with Gasteiger partial charge in [-0.25, -0.2) is 18.4 Å². The van der Waals surface area contributed by atoms with Gasteiger partial charge in [-0.15, -0.1) is 0 Å². The third-order valence-corrected chi connectivity index (χ3v) is 4.51. The Labute approximate surface area is 128 Å². The van der Waals surface area contributed by atoms with Crippen molar-refractivity contribution < 1.29 is 8.42 Å². The zero-order valence-electron chi connectivity index (χ0n) is 11.8. The summed E-state index contributed by atoms with van der Waals surface area (Å²) < 4.78 is 27.1. The van der Waals surface area contributed by atoms with E-state index in [9.17, 15) is 8.42 Å². The molecular weight excluding hydrogens is 300 g/mol. The van der Waals surface area contributed by atoms with Gasteiger partial charge >= 0.3 is 0 Å². The Bertz CT molecular complexity index is 937. The smallest absolute Gasteiger partial charge is 0.263 e. The van der Waals surface area contributed by atoms with E-state index in [1.54, 1.807) is 30.3 Å². The second kappa shape index (κ2) is 5.27. The Morgan fingerprint density at radius 3 is 2.18 bits per heavy atom. The molecule has 3 N–H and O–H groups in total. The van der Waals surface area contributed by atoms with Gasteiger partial charge in [0.2, 0.25) is 0 Å². The molecule has 112 valence electrons. The number of sulfonamides is 1. The van der Waals surface area contributed by atoms with E-state index in [2.05, 4.69) is 14.7 Å². The summed E-state index contributed by atoms with van der Waals surface area (Å²) in [6, 6.07) is 13.6. The van der Waals surface area contributed by atoms with Crippen molar-refractivity contribution in [1.29, 1.82) is 0 Å². The lowest BCUT2D eigenvalue weighted by molar-refractivity contribution is 0.601. The van der Waals surface area contributed by atoms with Crippen molar-refractivity contribution in [2.24, 2.45) is 0 Å². The number of nitrogens with two attached hydrogens (primary N) is 1. The Hall–Kier alpha value is -2.67. The number of nitrogens with zero attached hydrogens (tertiary/aromatic N) is 2. The Morgan fingerprint density at radius 1 is 0.955 bits per heavy atom. The summed E-state index contributed by atoms with van der Waals surface area (Å²) in [6.45, 7) is 1.89. The van der Waals surface area contributed by atoms with Crippen LogP contribution in [0.4, 0.5) is 11.6 Å². The fourth-order valence-electron chi connectivity index (χ4n) is 1.99. The van der Waals surface area contributed by atoms with Crippen LogP contribution >= 0.6 is 0 Å². The van der Waals surface area contributed by atoms with Gasteiger partial charge in [-0.05, 0) is 31.2 Å². The van der Waals surface area contributed by atoms with Gasteiger partial charge in [0.05, 0.1) is 15.9 Å². The van der Waals surface area contributed by atoms with Crippen LogP contribution < -0.4 is 10.5 Å². The third-order valence-electron chi connectivity index (χ3n) is 3.16. The van der Waals surface area contributed by atoms with Crippen LogP contribution in [0.2, 0.25) is 0 Å². The number of benzene rings is 2. The van der Waals surface area contributed by atoms with Gasteiger partial charge in [0, 0.05) is 0 Å². The highest BCUT2D eigenvalue weighted by atomic mass is 32.2. The van der Waals surface area contributed by atoms with Crippen LogP contribution in [0.25, 0.3) is 11.0 Å². The Balaban J connectivity index is 2.01. The molecule has 0 aliphatic rings. The summed E-state index contributed by atoms with van der Waals surface area (Å²) in [5.41, 5.74) is 7.95. The predicted molar refractivity (Wildman–Crippen MR) is 85.9 cm³/mol. The number of nitrogens with one attached hydrogen (secondary N) is 1. The van der Waals surface area contributed by atoms with Crippen LogP contribution in [0.1, 0.15) is 5.56 Å². The van der Waals surface area contributed by atoms with E-state index in [0.29, 0.717) is 11.0 Å². The molecule has 1 aromatic heterocycles. The maximum atomic E-state index is 12.4. The number of hydrogen-bond donors (Lipinski definition) is 2. The van der Waals surface area contributed by atoms with Gasteiger partial charge in [-0.1, -0.05) is 29.8 Å². The number of anilines is 2. The third kappa shape index (κ3) is 2.71. The molecule has 3 aromatic rings.